The van der Waals surface area contributed by atoms with Crippen LogP contribution in [0.4, 0.5) is 0 Å². The lowest BCUT2D eigenvalue weighted by molar-refractivity contribution is 0.722. The van der Waals surface area contributed by atoms with E-state index in [1.54, 1.807) is 0 Å². The molecule has 3 aromatic rings. The second-order valence-electron chi connectivity index (χ2n) is 5.35. The third kappa shape index (κ3) is 2.80. The van der Waals surface area contributed by atoms with Gasteiger partial charge in [0.15, 0.2) is 0 Å². The summed E-state index contributed by atoms with van der Waals surface area (Å²) in [7, 11) is 0. The summed E-state index contributed by atoms with van der Waals surface area (Å²) in [6.07, 6.45) is 0. The van der Waals surface area contributed by atoms with Gasteiger partial charge < -0.3 is 0 Å². The maximum Gasteiger partial charge on any atom is 0.346 e. The van der Waals surface area contributed by atoms with Crippen LogP contribution in [-0.2, 0) is 6.54 Å². The first-order valence-electron chi connectivity index (χ1n) is 7.00. The lowest BCUT2D eigenvalue weighted by Crippen LogP contribution is -2.28. The molecule has 0 radical (unpaired) electrons. The number of benzene rings is 2. The molecule has 112 valence electrons. The summed E-state index contributed by atoms with van der Waals surface area (Å²) in [5, 5.41) is 0. The van der Waals surface area contributed by atoms with Gasteiger partial charge in [-0.1, -0.05) is 42.0 Å². The number of hydrogen-bond donors (Lipinski definition) is 0. The average Bonchev–Trinajstić information content (AvgIpc) is 2.75. The summed E-state index contributed by atoms with van der Waals surface area (Å²) in [6, 6.07) is 15.4. The molecule has 22 heavy (non-hydrogen) atoms. The predicted molar refractivity (Wildman–Crippen MR) is 89.2 cm³/mol. The first-order chi connectivity index (χ1) is 10.5. The number of nitrogens with zero attached hydrogens (tertiary/aromatic N) is 2. The molecule has 0 N–H and O–H groups in total. The smallest absolute Gasteiger partial charge is 0.255 e. The number of aryl methyl sites for hydroxylation is 2. The molecular formula is C17H16N2O2S. The first kappa shape index (κ1) is 14.5. The van der Waals surface area contributed by atoms with E-state index in [4.69, 9.17) is 0 Å². The number of rotatable bonds is 3. The molecule has 4 nitrogen and oxygen atoms in total. The third-order valence-corrected chi connectivity index (χ3v) is 4.38. The Morgan fingerprint density at radius 2 is 1.64 bits per heavy atom. The molecule has 0 unspecified atom stereocenters. The SMILES string of the molecule is Cc1cccc(Cn2c(=O)sn(-c3cccc(C)c3)c2=O)c1. The van der Waals surface area contributed by atoms with Crippen LogP contribution in [0.2, 0.25) is 0 Å². The van der Waals surface area contributed by atoms with Gasteiger partial charge in [0.2, 0.25) is 0 Å². The van der Waals surface area contributed by atoms with Gasteiger partial charge in [-0.3, -0.25) is 4.79 Å². The zero-order chi connectivity index (χ0) is 15.7. The molecule has 0 fully saturated rings. The molecule has 0 aliphatic heterocycles. The van der Waals surface area contributed by atoms with E-state index < -0.39 is 0 Å². The van der Waals surface area contributed by atoms with Crippen LogP contribution in [0.25, 0.3) is 5.69 Å². The Bertz CT molecular complexity index is 934. The van der Waals surface area contributed by atoms with Gasteiger partial charge in [0.25, 0.3) is 0 Å². The third-order valence-electron chi connectivity index (χ3n) is 3.45. The van der Waals surface area contributed by atoms with Gasteiger partial charge in [0.1, 0.15) is 0 Å². The largest absolute Gasteiger partial charge is 0.346 e. The van der Waals surface area contributed by atoms with Crippen LogP contribution < -0.4 is 10.6 Å². The van der Waals surface area contributed by atoms with Crippen molar-refractivity contribution >= 4 is 11.5 Å². The minimum absolute atomic E-state index is 0.243. The maximum absolute atomic E-state index is 12.5. The van der Waals surface area contributed by atoms with E-state index in [2.05, 4.69) is 0 Å². The summed E-state index contributed by atoms with van der Waals surface area (Å²) in [5.41, 5.74) is 3.56. The van der Waals surface area contributed by atoms with Gasteiger partial charge in [-0.2, -0.15) is 0 Å². The van der Waals surface area contributed by atoms with E-state index in [-0.39, 0.29) is 10.6 Å². The molecule has 0 aliphatic carbocycles. The van der Waals surface area contributed by atoms with Crippen LogP contribution in [-0.4, -0.2) is 8.52 Å². The highest BCUT2D eigenvalue weighted by molar-refractivity contribution is 7.03. The van der Waals surface area contributed by atoms with Gasteiger partial charge in [-0.15, -0.1) is 0 Å². The molecule has 0 saturated carbocycles. The fourth-order valence-corrected chi connectivity index (χ4v) is 3.19. The lowest BCUT2D eigenvalue weighted by Gasteiger charge is -2.03. The minimum atomic E-state index is -0.290. The van der Waals surface area contributed by atoms with Crippen LogP contribution in [0.1, 0.15) is 16.7 Å². The molecule has 2 aromatic carbocycles. The van der Waals surface area contributed by atoms with E-state index >= 15 is 0 Å². The highest BCUT2D eigenvalue weighted by atomic mass is 32.1. The average molecular weight is 312 g/mol. The second kappa shape index (κ2) is 5.77. The predicted octanol–water partition coefficient (Wildman–Crippen LogP) is 2.73. The van der Waals surface area contributed by atoms with E-state index in [9.17, 15) is 9.59 Å². The van der Waals surface area contributed by atoms with Crippen molar-refractivity contribution in [2.24, 2.45) is 0 Å². The van der Waals surface area contributed by atoms with Gasteiger partial charge >= 0.3 is 10.6 Å². The van der Waals surface area contributed by atoms with Crippen molar-refractivity contribution in [3.63, 3.8) is 0 Å². The van der Waals surface area contributed by atoms with Crippen molar-refractivity contribution in [1.82, 2.24) is 8.52 Å². The van der Waals surface area contributed by atoms with Crippen LogP contribution in [0, 0.1) is 13.8 Å². The van der Waals surface area contributed by atoms with Gasteiger partial charge in [-0.25, -0.2) is 13.3 Å². The van der Waals surface area contributed by atoms with Crippen LogP contribution >= 0.6 is 11.5 Å². The number of aromatic nitrogens is 2. The summed E-state index contributed by atoms with van der Waals surface area (Å²) in [4.78, 5) is 24.5. The highest BCUT2D eigenvalue weighted by Gasteiger charge is 2.12. The Balaban J connectivity index is 2.04. The molecule has 1 heterocycles. The Kier molecular flexibility index (Phi) is 3.81. The summed E-state index contributed by atoms with van der Waals surface area (Å²) in [5.74, 6) is 0. The molecule has 5 heteroatoms. The summed E-state index contributed by atoms with van der Waals surface area (Å²) in [6.45, 7) is 4.25. The van der Waals surface area contributed by atoms with Crippen molar-refractivity contribution in [3.05, 3.63) is 85.4 Å². The van der Waals surface area contributed by atoms with E-state index in [0.717, 1.165) is 33.9 Å². The van der Waals surface area contributed by atoms with E-state index in [1.165, 1.54) is 8.52 Å². The van der Waals surface area contributed by atoms with Gasteiger partial charge in [0.05, 0.1) is 12.2 Å². The molecule has 0 spiro atoms. The fraction of sp³-hybridized carbons (Fsp3) is 0.176. The van der Waals surface area contributed by atoms with Crippen LogP contribution in [0.3, 0.4) is 0 Å². The van der Waals surface area contributed by atoms with E-state index in [1.807, 2.05) is 62.4 Å². The van der Waals surface area contributed by atoms with Crippen molar-refractivity contribution in [2.75, 3.05) is 0 Å². The topological polar surface area (TPSA) is 44.0 Å². The van der Waals surface area contributed by atoms with Crippen molar-refractivity contribution in [3.8, 4) is 5.69 Å². The van der Waals surface area contributed by atoms with Crippen molar-refractivity contribution in [2.45, 2.75) is 20.4 Å². The minimum Gasteiger partial charge on any atom is -0.255 e. The summed E-state index contributed by atoms with van der Waals surface area (Å²) < 4.78 is 2.73. The summed E-state index contributed by atoms with van der Waals surface area (Å²) >= 11 is 0.938. The maximum atomic E-state index is 12.5. The molecular weight excluding hydrogens is 296 g/mol. The van der Waals surface area contributed by atoms with Crippen LogP contribution in [0.5, 0.6) is 0 Å². The molecule has 0 aliphatic rings. The highest BCUT2D eigenvalue weighted by Crippen LogP contribution is 2.10. The molecule has 0 saturated heterocycles. The normalized spacial score (nSPS) is 10.8. The Morgan fingerprint density at radius 3 is 2.32 bits per heavy atom. The van der Waals surface area contributed by atoms with Gasteiger partial charge in [0, 0.05) is 11.5 Å². The van der Waals surface area contributed by atoms with Gasteiger partial charge in [-0.05, 0) is 37.1 Å². The lowest BCUT2D eigenvalue weighted by atomic mass is 10.1. The Labute approximate surface area is 132 Å². The molecule has 0 atom stereocenters. The molecule has 0 bridgehead atoms. The van der Waals surface area contributed by atoms with Crippen LogP contribution in [0.15, 0.2) is 58.1 Å². The molecule has 3 rings (SSSR count). The zero-order valence-electron chi connectivity index (χ0n) is 12.4. The fourth-order valence-electron chi connectivity index (χ4n) is 2.40. The van der Waals surface area contributed by atoms with E-state index in [0.29, 0.717) is 6.54 Å². The monoisotopic (exact) mass is 312 g/mol. The quantitative estimate of drug-likeness (QED) is 0.746. The second-order valence-corrected chi connectivity index (χ2v) is 6.25. The standard InChI is InChI=1S/C17H16N2O2S/c1-12-5-3-7-14(9-12)11-18-16(20)19(22-17(18)21)15-8-4-6-13(2)10-15/h3-10H,11H2,1-2H3. The Hall–Kier alpha value is -2.40. The Morgan fingerprint density at radius 1 is 0.955 bits per heavy atom. The zero-order valence-corrected chi connectivity index (χ0v) is 13.3. The molecule has 1 aromatic heterocycles. The molecule has 0 amide bonds. The number of hydrogen-bond acceptors (Lipinski definition) is 3. The first-order valence-corrected chi connectivity index (χ1v) is 7.78. The van der Waals surface area contributed by atoms with Crippen molar-refractivity contribution < 1.29 is 0 Å². The van der Waals surface area contributed by atoms with Crippen molar-refractivity contribution in [1.29, 1.82) is 0 Å².